The van der Waals surface area contributed by atoms with Crippen LogP contribution in [0.5, 0.6) is 0 Å². The summed E-state index contributed by atoms with van der Waals surface area (Å²) in [6.45, 7) is 2.07. The zero-order valence-corrected chi connectivity index (χ0v) is 21.7. The predicted octanol–water partition coefficient (Wildman–Crippen LogP) is 6.02. The molecule has 0 N–H and O–H groups in total. The van der Waals surface area contributed by atoms with Crippen LogP contribution in [-0.4, -0.2) is 18.9 Å². The molecule has 0 radical (unpaired) electrons. The van der Waals surface area contributed by atoms with Gasteiger partial charge in [-0.3, -0.25) is 4.79 Å². The van der Waals surface area contributed by atoms with E-state index in [4.69, 9.17) is 8.83 Å². The molecule has 2 aromatic carbocycles. The van der Waals surface area contributed by atoms with Gasteiger partial charge in [0, 0.05) is 39.6 Å². The molecule has 176 valence electrons. The third-order valence-corrected chi connectivity index (χ3v) is 7.72. The van der Waals surface area contributed by atoms with Crippen molar-refractivity contribution < 1.29 is 13.6 Å². The molecule has 0 atom stereocenters. The van der Waals surface area contributed by atoms with Crippen molar-refractivity contribution in [2.45, 2.75) is 25.7 Å². The van der Waals surface area contributed by atoms with Crippen LogP contribution in [0.1, 0.15) is 39.9 Å². The number of benzene rings is 2. The maximum Gasteiger partial charge on any atom is 0.347 e. The lowest BCUT2D eigenvalue weighted by molar-refractivity contribution is 0.104. The second-order valence-electron chi connectivity index (χ2n) is 8.92. The Hall–Kier alpha value is -2.97. The van der Waals surface area contributed by atoms with Gasteiger partial charge in [0.15, 0.2) is 11.4 Å². The number of hydrogen-bond donors (Lipinski definition) is 0. The smallest absolute Gasteiger partial charge is 0.347 e. The number of aryl methyl sites for hydroxylation is 2. The number of carbonyl (C=O) groups is 1. The Morgan fingerprint density at radius 1 is 0.886 bits per heavy atom. The first kappa shape index (κ1) is 22.5. The van der Waals surface area contributed by atoms with Gasteiger partial charge in [-0.1, -0.05) is 15.9 Å². The summed E-state index contributed by atoms with van der Waals surface area (Å²) in [7, 11) is 0. The van der Waals surface area contributed by atoms with E-state index in [0.29, 0.717) is 21.0 Å². The zero-order chi connectivity index (χ0) is 24.3. The Morgan fingerprint density at radius 2 is 1.63 bits per heavy atom. The van der Waals surface area contributed by atoms with Crippen molar-refractivity contribution in [2.24, 2.45) is 0 Å². The quantitative estimate of drug-likeness (QED) is 0.163. The molecule has 0 unspecified atom stereocenters. The van der Waals surface area contributed by atoms with Gasteiger partial charge in [0.1, 0.15) is 11.1 Å². The molecule has 0 saturated heterocycles. The number of nitrogens with zero attached hydrogens (tertiary/aromatic N) is 1. The summed E-state index contributed by atoms with van der Waals surface area (Å²) in [6, 6.07) is 8.88. The van der Waals surface area contributed by atoms with Crippen LogP contribution in [0.25, 0.3) is 28.0 Å². The fraction of sp³-hybridized carbons (Fsp3) is 0.222. The average molecular weight is 597 g/mol. The molecule has 35 heavy (non-hydrogen) atoms. The Morgan fingerprint density at radius 3 is 2.46 bits per heavy atom. The summed E-state index contributed by atoms with van der Waals surface area (Å²) in [5.41, 5.74) is 3.52. The van der Waals surface area contributed by atoms with Crippen LogP contribution in [0.3, 0.4) is 0 Å². The molecule has 0 aliphatic carbocycles. The van der Waals surface area contributed by atoms with E-state index in [2.05, 4.69) is 42.8 Å². The molecule has 0 fully saturated rings. The molecular formula is C27H19Br2NO5. The van der Waals surface area contributed by atoms with Crippen molar-refractivity contribution in [1.82, 2.24) is 0 Å². The van der Waals surface area contributed by atoms with Crippen LogP contribution in [0, 0.1) is 0 Å². The van der Waals surface area contributed by atoms with E-state index in [-0.39, 0.29) is 11.1 Å². The van der Waals surface area contributed by atoms with E-state index in [9.17, 15) is 14.4 Å². The van der Waals surface area contributed by atoms with Gasteiger partial charge in [-0.05, 0) is 89.7 Å². The van der Waals surface area contributed by atoms with Crippen LogP contribution in [-0.2, 0) is 12.8 Å². The third-order valence-electron chi connectivity index (χ3n) is 6.67. The molecule has 8 heteroatoms. The highest BCUT2D eigenvalue weighted by molar-refractivity contribution is 9.11. The average Bonchev–Trinajstić information content (AvgIpc) is 2.83. The largest absolute Gasteiger partial charge is 0.422 e. The van der Waals surface area contributed by atoms with Gasteiger partial charge in [0.05, 0.1) is 10.0 Å². The normalized spacial score (nSPS) is 15.2. The number of allylic oxidation sites excluding steroid dienone is 1. The highest BCUT2D eigenvalue weighted by Crippen LogP contribution is 2.39. The fourth-order valence-electron chi connectivity index (χ4n) is 5.16. The van der Waals surface area contributed by atoms with Crippen molar-refractivity contribution in [1.29, 1.82) is 0 Å². The maximum absolute atomic E-state index is 12.9. The fourth-order valence-corrected chi connectivity index (χ4v) is 6.50. The highest BCUT2D eigenvalue weighted by Gasteiger charge is 2.27. The Labute approximate surface area is 216 Å². The van der Waals surface area contributed by atoms with E-state index >= 15 is 0 Å². The summed E-state index contributed by atoms with van der Waals surface area (Å²) in [5.74, 6) is -0.549. The van der Waals surface area contributed by atoms with Crippen molar-refractivity contribution >= 4 is 71.3 Å². The van der Waals surface area contributed by atoms with Gasteiger partial charge >= 0.3 is 11.3 Å². The lowest BCUT2D eigenvalue weighted by Gasteiger charge is -2.37. The highest BCUT2D eigenvalue weighted by atomic mass is 79.9. The first-order valence-corrected chi connectivity index (χ1v) is 13.0. The van der Waals surface area contributed by atoms with Gasteiger partial charge in [-0.15, -0.1) is 0 Å². The molecule has 0 saturated carbocycles. The molecule has 2 aliphatic heterocycles. The van der Waals surface area contributed by atoms with E-state index < -0.39 is 17.0 Å². The molecule has 0 amide bonds. The molecule has 0 bridgehead atoms. The topological polar surface area (TPSA) is 80.7 Å². The van der Waals surface area contributed by atoms with Gasteiger partial charge in [0.25, 0.3) is 0 Å². The molecule has 4 aromatic rings. The molecule has 4 heterocycles. The van der Waals surface area contributed by atoms with Gasteiger partial charge in [-0.2, -0.15) is 0 Å². The minimum absolute atomic E-state index is 0.109. The molecule has 6 nitrogen and oxygen atoms in total. The number of halogens is 2. The standard InChI is InChI=1S/C27H19Br2NO5/c28-18-11-17-12-20(27(33)35-25(17)21(29)13-18)22(31)6-5-15-10-16-9-14-3-1-7-30-8-2-4-19(23(14)30)24(16)34-26(15)32/h5-6,9-13H,1-4,7-8H2/b6-5+. The summed E-state index contributed by atoms with van der Waals surface area (Å²) >= 11 is 6.76. The van der Waals surface area contributed by atoms with E-state index in [0.717, 1.165) is 54.2 Å². The lowest BCUT2D eigenvalue weighted by Crippen LogP contribution is -2.34. The molecule has 2 aromatic heterocycles. The number of carbonyl (C=O) groups excluding carboxylic acids is 1. The lowest BCUT2D eigenvalue weighted by atomic mass is 9.90. The SMILES string of the molecule is O=C(/C=C/c1cc2cc3c4c(c2oc1=O)CCCN4CCC3)c1cc2cc(Br)cc(Br)c2oc1=O. The zero-order valence-electron chi connectivity index (χ0n) is 18.5. The van der Waals surface area contributed by atoms with Crippen LogP contribution in [0.15, 0.2) is 63.8 Å². The second-order valence-corrected chi connectivity index (χ2v) is 10.7. The first-order valence-electron chi connectivity index (χ1n) is 11.4. The van der Waals surface area contributed by atoms with Crippen molar-refractivity contribution in [3.05, 3.63) is 88.4 Å². The number of fused-ring (bicyclic) bond motifs is 3. The van der Waals surface area contributed by atoms with Crippen LogP contribution >= 0.6 is 31.9 Å². The Kier molecular flexibility index (Phi) is 5.53. The van der Waals surface area contributed by atoms with E-state index in [1.807, 2.05) is 0 Å². The third kappa shape index (κ3) is 3.89. The van der Waals surface area contributed by atoms with Crippen LogP contribution < -0.4 is 16.2 Å². The van der Waals surface area contributed by atoms with Crippen molar-refractivity contribution in [2.75, 3.05) is 18.0 Å². The summed E-state index contributed by atoms with van der Waals surface area (Å²) in [4.78, 5) is 40.5. The molecule has 2 aliphatic rings. The monoisotopic (exact) mass is 595 g/mol. The summed E-state index contributed by atoms with van der Waals surface area (Å²) in [5, 5.41) is 1.45. The minimum atomic E-state index is -0.740. The second kappa shape index (κ2) is 8.60. The number of anilines is 1. The first-order chi connectivity index (χ1) is 16.9. The Bertz CT molecular complexity index is 1700. The van der Waals surface area contributed by atoms with Gasteiger partial charge < -0.3 is 13.7 Å². The van der Waals surface area contributed by atoms with Crippen molar-refractivity contribution in [3.63, 3.8) is 0 Å². The minimum Gasteiger partial charge on any atom is -0.422 e. The number of hydrogen-bond acceptors (Lipinski definition) is 6. The number of rotatable bonds is 3. The van der Waals surface area contributed by atoms with Crippen LogP contribution in [0.4, 0.5) is 5.69 Å². The summed E-state index contributed by atoms with van der Waals surface area (Å²) < 4.78 is 12.5. The van der Waals surface area contributed by atoms with Gasteiger partial charge in [0.2, 0.25) is 0 Å². The summed E-state index contributed by atoms with van der Waals surface area (Å²) in [6.07, 6.45) is 6.65. The molecular weight excluding hydrogens is 578 g/mol. The molecule has 6 rings (SSSR count). The van der Waals surface area contributed by atoms with E-state index in [1.165, 1.54) is 29.5 Å². The van der Waals surface area contributed by atoms with Crippen LogP contribution in [0.2, 0.25) is 0 Å². The van der Waals surface area contributed by atoms with Crippen molar-refractivity contribution in [3.8, 4) is 0 Å². The predicted molar refractivity (Wildman–Crippen MR) is 143 cm³/mol. The Balaban J connectivity index is 1.39. The maximum atomic E-state index is 12.9. The molecule has 0 spiro atoms. The van der Waals surface area contributed by atoms with Gasteiger partial charge in [-0.25, -0.2) is 9.59 Å². The number of ketones is 1. The van der Waals surface area contributed by atoms with E-state index in [1.54, 1.807) is 18.2 Å².